The Morgan fingerprint density at radius 2 is 1.97 bits per heavy atom. The maximum atomic E-state index is 12.9. The van der Waals surface area contributed by atoms with Gasteiger partial charge in [-0.05, 0) is 55.7 Å². The Morgan fingerprint density at radius 3 is 2.73 bits per heavy atom. The molecule has 0 aliphatic carbocycles. The van der Waals surface area contributed by atoms with E-state index in [1.807, 2.05) is 12.1 Å². The summed E-state index contributed by atoms with van der Waals surface area (Å²) in [6.07, 6.45) is 2.27. The Hall–Kier alpha value is -3.57. The van der Waals surface area contributed by atoms with Crippen LogP contribution in [0.5, 0.6) is 5.75 Å². The largest absolute Gasteiger partial charge is 0.495 e. The van der Waals surface area contributed by atoms with Crippen LogP contribution in [0.3, 0.4) is 0 Å². The van der Waals surface area contributed by atoms with E-state index in [1.165, 1.54) is 11.8 Å². The Labute approximate surface area is 220 Å². The number of rotatable bonds is 7. The van der Waals surface area contributed by atoms with Gasteiger partial charge < -0.3 is 26.0 Å². The Bertz CT molecular complexity index is 1490. The highest BCUT2D eigenvalue weighted by molar-refractivity contribution is 7.92. The van der Waals surface area contributed by atoms with E-state index < -0.39 is 15.1 Å². The second kappa shape index (κ2) is 9.71. The van der Waals surface area contributed by atoms with E-state index in [2.05, 4.69) is 30.5 Å². The summed E-state index contributed by atoms with van der Waals surface area (Å²) >= 11 is 6.38. The second-order valence-electron chi connectivity index (χ2n) is 9.14. The molecule has 3 heterocycles. The van der Waals surface area contributed by atoms with Gasteiger partial charge in [-0.15, -0.1) is 0 Å². The average molecular weight is 542 g/mol. The number of nitrogens with zero attached hydrogens (tertiary/aromatic N) is 4. The van der Waals surface area contributed by atoms with Crippen molar-refractivity contribution in [3.63, 3.8) is 0 Å². The first-order valence-electron chi connectivity index (χ1n) is 11.9. The standard InChI is InChI=1S/C25H28ClN7O3S/c1-14(2)37(34,35)22-7-5-4-6-18(22)30-23-17(26)12-29-25(32-23)31-19-10-15-8-9-33-20(13-28-24(33)27)16(15)11-21(19)36-3/h4-7,10-12,14,20H,8-9,13H2,1-3H3,(H2,27,28)(H2,29,30,31,32). The quantitative estimate of drug-likeness (QED) is 0.405. The Kier molecular flexibility index (Phi) is 6.59. The third-order valence-corrected chi connectivity index (χ3v) is 9.08. The molecule has 10 nitrogen and oxygen atoms in total. The summed E-state index contributed by atoms with van der Waals surface area (Å²) in [6.45, 7) is 4.70. The number of sulfone groups is 1. The van der Waals surface area contributed by atoms with Crippen molar-refractivity contribution in [3.05, 3.63) is 58.7 Å². The van der Waals surface area contributed by atoms with Crippen LogP contribution in [-0.4, -0.2) is 54.7 Å². The SMILES string of the molecule is COc1cc2c(cc1Nc1ncc(Cl)c(Nc3ccccc3S(=O)(=O)C(C)C)n1)CCN1C(N)=NCC21. The zero-order chi connectivity index (χ0) is 26.3. The lowest BCUT2D eigenvalue weighted by Gasteiger charge is -2.33. The molecule has 1 unspecified atom stereocenters. The number of para-hydroxylation sites is 1. The van der Waals surface area contributed by atoms with Gasteiger partial charge in [0.1, 0.15) is 10.8 Å². The molecule has 194 valence electrons. The van der Waals surface area contributed by atoms with Crippen molar-refractivity contribution in [3.8, 4) is 5.75 Å². The van der Waals surface area contributed by atoms with Crippen LogP contribution in [0.15, 0.2) is 52.5 Å². The maximum absolute atomic E-state index is 12.9. The lowest BCUT2D eigenvalue weighted by Crippen LogP contribution is -2.40. The molecule has 0 saturated heterocycles. The molecule has 2 aromatic carbocycles. The lowest BCUT2D eigenvalue weighted by molar-refractivity contribution is 0.327. The van der Waals surface area contributed by atoms with E-state index >= 15 is 0 Å². The number of nitrogens with two attached hydrogens (primary N) is 1. The fourth-order valence-corrected chi connectivity index (χ4v) is 5.92. The smallest absolute Gasteiger partial charge is 0.229 e. The van der Waals surface area contributed by atoms with Gasteiger partial charge in [-0.2, -0.15) is 4.98 Å². The fourth-order valence-electron chi connectivity index (χ4n) is 4.58. The number of methoxy groups -OCH3 is 1. The summed E-state index contributed by atoms with van der Waals surface area (Å²) in [6, 6.07) is 10.8. The van der Waals surface area contributed by atoms with E-state index in [4.69, 9.17) is 22.1 Å². The van der Waals surface area contributed by atoms with Crippen molar-refractivity contribution >= 4 is 50.5 Å². The van der Waals surface area contributed by atoms with Crippen molar-refractivity contribution in [2.24, 2.45) is 10.7 Å². The van der Waals surface area contributed by atoms with Gasteiger partial charge in [-0.1, -0.05) is 23.7 Å². The summed E-state index contributed by atoms with van der Waals surface area (Å²) in [5, 5.41) is 5.97. The van der Waals surface area contributed by atoms with Gasteiger partial charge in [0.15, 0.2) is 21.6 Å². The molecule has 0 amide bonds. The molecule has 0 fully saturated rings. The van der Waals surface area contributed by atoms with Crippen LogP contribution in [0.25, 0.3) is 0 Å². The predicted molar refractivity (Wildman–Crippen MR) is 145 cm³/mol. The number of guanidine groups is 1. The Balaban J connectivity index is 1.45. The zero-order valence-electron chi connectivity index (χ0n) is 20.7. The summed E-state index contributed by atoms with van der Waals surface area (Å²) in [5.41, 5.74) is 9.45. The normalized spacial score (nSPS) is 16.7. The molecular formula is C25H28ClN7O3S. The van der Waals surface area contributed by atoms with Crippen molar-refractivity contribution < 1.29 is 13.2 Å². The molecule has 12 heteroatoms. The number of anilines is 4. The molecule has 2 aliphatic rings. The minimum absolute atomic E-state index is 0.108. The topological polar surface area (TPSA) is 135 Å². The molecule has 0 radical (unpaired) electrons. The van der Waals surface area contributed by atoms with E-state index in [0.29, 0.717) is 29.6 Å². The van der Waals surface area contributed by atoms with Gasteiger partial charge in [-0.3, -0.25) is 4.99 Å². The van der Waals surface area contributed by atoms with E-state index in [1.54, 1.807) is 45.2 Å². The van der Waals surface area contributed by atoms with Crippen LogP contribution in [0.4, 0.5) is 23.1 Å². The van der Waals surface area contributed by atoms with Gasteiger partial charge in [-0.25, -0.2) is 13.4 Å². The summed E-state index contributed by atoms with van der Waals surface area (Å²) < 4.78 is 31.4. The summed E-state index contributed by atoms with van der Waals surface area (Å²) in [4.78, 5) is 15.5. The van der Waals surface area contributed by atoms with Gasteiger partial charge in [0.05, 0.1) is 47.4 Å². The van der Waals surface area contributed by atoms with Gasteiger partial charge >= 0.3 is 0 Å². The first-order valence-corrected chi connectivity index (χ1v) is 13.8. The number of benzene rings is 2. The molecule has 0 bridgehead atoms. The minimum Gasteiger partial charge on any atom is -0.495 e. The molecule has 37 heavy (non-hydrogen) atoms. The maximum Gasteiger partial charge on any atom is 0.229 e. The van der Waals surface area contributed by atoms with Crippen LogP contribution < -0.4 is 21.1 Å². The first-order chi connectivity index (χ1) is 17.7. The third-order valence-electron chi connectivity index (χ3n) is 6.60. The molecule has 3 aromatic rings. The highest BCUT2D eigenvalue weighted by atomic mass is 35.5. The highest BCUT2D eigenvalue weighted by Gasteiger charge is 2.33. The molecule has 2 aliphatic heterocycles. The fraction of sp³-hybridized carbons (Fsp3) is 0.320. The van der Waals surface area contributed by atoms with Crippen LogP contribution in [0, 0.1) is 0 Å². The van der Waals surface area contributed by atoms with Crippen molar-refractivity contribution in [1.82, 2.24) is 14.9 Å². The summed E-state index contributed by atoms with van der Waals surface area (Å²) in [7, 11) is -1.92. The first kappa shape index (κ1) is 25.1. The number of ether oxygens (including phenoxy) is 1. The van der Waals surface area contributed by atoms with Gasteiger partial charge in [0, 0.05) is 6.54 Å². The van der Waals surface area contributed by atoms with Crippen molar-refractivity contribution in [1.29, 1.82) is 0 Å². The van der Waals surface area contributed by atoms with Crippen LogP contribution >= 0.6 is 11.6 Å². The zero-order valence-corrected chi connectivity index (χ0v) is 22.3. The molecule has 0 saturated carbocycles. The van der Waals surface area contributed by atoms with Crippen LogP contribution in [0.1, 0.15) is 31.0 Å². The molecule has 0 spiro atoms. The van der Waals surface area contributed by atoms with Crippen molar-refractivity contribution in [2.75, 3.05) is 30.8 Å². The average Bonchev–Trinajstić information content (AvgIpc) is 3.26. The van der Waals surface area contributed by atoms with Gasteiger partial charge in [0.2, 0.25) is 5.95 Å². The lowest BCUT2D eigenvalue weighted by atomic mass is 9.92. The molecule has 5 rings (SSSR count). The van der Waals surface area contributed by atoms with E-state index in [-0.39, 0.29) is 27.7 Å². The highest BCUT2D eigenvalue weighted by Crippen LogP contribution is 2.39. The van der Waals surface area contributed by atoms with E-state index in [9.17, 15) is 8.42 Å². The monoisotopic (exact) mass is 541 g/mol. The number of halogens is 1. The number of hydrogen-bond donors (Lipinski definition) is 3. The third kappa shape index (κ3) is 4.64. The number of hydrogen-bond acceptors (Lipinski definition) is 10. The van der Waals surface area contributed by atoms with E-state index in [0.717, 1.165) is 18.5 Å². The molecular weight excluding hydrogens is 514 g/mol. The summed E-state index contributed by atoms with van der Waals surface area (Å²) in [5.74, 6) is 1.76. The van der Waals surface area contributed by atoms with Crippen LogP contribution in [0.2, 0.25) is 5.02 Å². The van der Waals surface area contributed by atoms with Crippen molar-refractivity contribution in [2.45, 2.75) is 36.5 Å². The molecule has 4 N–H and O–H groups in total. The number of aromatic nitrogens is 2. The minimum atomic E-state index is -3.53. The number of aliphatic imine (C=N–C) groups is 1. The van der Waals surface area contributed by atoms with Crippen LogP contribution in [-0.2, 0) is 16.3 Å². The second-order valence-corrected chi connectivity index (χ2v) is 12.0. The predicted octanol–water partition coefficient (Wildman–Crippen LogP) is 4.04. The number of nitrogens with one attached hydrogen (secondary N) is 2. The molecule has 1 atom stereocenters. The molecule has 1 aromatic heterocycles. The number of fused-ring (bicyclic) bond motifs is 3. The van der Waals surface area contributed by atoms with Gasteiger partial charge in [0.25, 0.3) is 0 Å². The Morgan fingerprint density at radius 1 is 1.19 bits per heavy atom.